The fourth-order valence-corrected chi connectivity index (χ4v) is 2.47. The molecule has 0 aliphatic carbocycles. The van der Waals surface area contributed by atoms with Crippen LogP contribution < -0.4 is 10.1 Å². The standard InChI is InChI=1S/C18H22FNO/c1-4-12-20-18(14-9-5-6-11-16(14)21-3)15-10-7-8-13(2)17(15)19/h5-11,18,20H,4,12H2,1-3H3. The molecule has 1 N–H and O–H groups in total. The number of benzene rings is 2. The van der Waals surface area contributed by atoms with Gasteiger partial charge < -0.3 is 10.1 Å². The molecule has 2 aromatic rings. The van der Waals surface area contributed by atoms with Crippen LogP contribution in [0, 0.1) is 12.7 Å². The average Bonchev–Trinajstić information content (AvgIpc) is 2.52. The van der Waals surface area contributed by atoms with Gasteiger partial charge >= 0.3 is 0 Å². The Balaban J connectivity index is 2.50. The maximum absolute atomic E-state index is 14.5. The molecule has 2 rings (SSSR count). The molecule has 112 valence electrons. The van der Waals surface area contributed by atoms with E-state index >= 15 is 0 Å². The molecular weight excluding hydrogens is 265 g/mol. The van der Waals surface area contributed by atoms with Crippen molar-refractivity contribution in [3.63, 3.8) is 0 Å². The first kappa shape index (κ1) is 15.5. The molecule has 0 saturated carbocycles. The predicted octanol–water partition coefficient (Wildman–Crippen LogP) is 4.23. The van der Waals surface area contributed by atoms with Crippen LogP contribution in [-0.2, 0) is 0 Å². The van der Waals surface area contributed by atoms with Crippen LogP contribution in [0.5, 0.6) is 5.75 Å². The second kappa shape index (κ2) is 7.23. The Hall–Kier alpha value is -1.87. The molecule has 0 saturated heterocycles. The fourth-order valence-electron chi connectivity index (χ4n) is 2.47. The first-order chi connectivity index (χ1) is 10.2. The van der Waals surface area contributed by atoms with E-state index in [1.807, 2.05) is 36.4 Å². The summed E-state index contributed by atoms with van der Waals surface area (Å²) in [6.45, 7) is 4.70. The molecule has 0 radical (unpaired) electrons. The summed E-state index contributed by atoms with van der Waals surface area (Å²) in [6, 6.07) is 13.1. The normalized spacial score (nSPS) is 12.2. The molecule has 0 aromatic heterocycles. The second-order valence-electron chi connectivity index (χ2n) is 5.11. The quantitative estimate of drug-likeness (QED) is 0.858. The SMILES string of the molecule is CCCNC(c1ccccc1OC)c1cccc(C)c1F. The van der Waals surface area contributed by atoms with Gasteiger partial charge in [0, 0.05) is 11.1 Å². The van der Waals surface area contributed by atoms with Crippen molar-refractivity contribution in [2.75, 3.05) is 13.7 Å². The maximum atomic E-state index is 14.5. The number of rotatable bonds is 6. The highest BCUT2D eigenvalue weighted by Crippen LogP contribution is 2.31. The summed E-state index contributed by atoms with van der Waals surface area (Å²) < 4.78 is 20.0. The van der Waals surface area contributed by atoms with Gasteiger partial charge in [-0.2, -0.15) is 0 Å². The van der Waals surface area contributed by atoms with Gasteiger partial charge in [0.15, 0.2) is 0 Å². The topological polar surface area (TPSA) is 21.3 Å². The van der Waals surface area contributed by atoms with Gasteiger partial charge in [-0.25, -0.2) is 4.39 Å². The molecule has 0 amide bonds. The van der Waals surface area contributed by atoms with Crippen molar-refractivity contribution in [1.29, 1.82) is 0 Å². The lowest BCUT2D eigenvalue weighted by molar-refractivity contribution is 0.402. The molecule has 0 aliphatic rings. The van der Waals surface area contributed by atoms with Crippen molar-refractivity contribution >= 4 is 0 Å². The third kappa shape index (κ3) is 3.42. The molecule has 0 spiro atoms. The van der Waals surface area contributed by atoms with Crippen LogP contribution >= 0.6 is 0 Å². The molecular formula is C18H22FNO. The Morgan fingerprint density at radius 1 is 1.10 bits per heavy atom. The van der Waals surface area contributed by atoms with E-state index in [0.29, 0.717) is 11.1 Å². The summed E-state index contributed by atoms with van der Waals surface area (Å²) in [5.74, 6) is 0.615. The van der Waals surface area contributed by atoms with E-state index < -0.39 is 0 Å². The number of hydrogen-bond acceptors (Lipinski definition) is 2. The van der Waals surface area contributed by atoms with Crippen LogP contribution in [-0.4, -0.2) is 13.7 Å². The molecule has 0 aliphatic heterocycles. The van der Waals surface area contributed by atoms with Gasteiger partial charge in [0.2, 0.25) is 0 Å². The number of para-hydroxylation sites is 1. The summed E-state index contributed by atoms with van der Waals surface area (Å²) in [7, 11) is 1.64. The third-order valence-corrected chi connectivity index (χ3v) is 3.58. The van der Waals surface area contributed by atoms with Gasteiger partial charge in [-0.15, -0.1) is 0 Å². The molecule has 3 heteroatoms. The molecule has 21 heavy (non-hydrogen) atoms. The van der Waals surface area contributed by atoms with E-state index in [-0.39, 0.29) is 11.9 Å². The second-order valence-corrected chi connectivity index (χ2v) is 5.11. The highest BCUT2D eigenvalue weighted by atomic mass is 19.1. The Morgan fingerprint density at radius 3 is 2.52 bits per heavy atom. The summed E-state index contributed by atoms with van der Waals surface area (Å²) >= 11 is 0. The Bertz CT molecular complexity index is 598. The van der Waals surface area contributed by atoms with Crippen molar-refractivity contribution in [2.24, 2.45) is 0 Å². The zero-order valence-electron chi connectivity index (χ0n) is 12.8. The van der Waals surface area contributed by atoms with Crippen LogP contribution in [0.15, 0.2) is 42.5 Å². The number of aryl methyl sites for hydroxylation is 1. The Morgan fingerprint density at radius 2 is 1.81 bits per heavy atom. The van der Waals surface area contributed by atoms with Crippen molar-refractivity contribution in [3.05, 3.63) is 65.0 Å². The van der Waals surface area contributed by atoms with Gasteiger partial charge in [-0.3, -0.25) is 0 Å². The minimum atomic E-state index is -0.207. The number of nitrogens with one attached hydrogen (secondary N) is 1. The third-order valence-electron chi connectivity index (χ3n) is 3.58. The largest absolute Gasteiger partial charge is 0.496 e. The molecule has 2 aromatic carbocycles. The number of methoxy groups -OCH3 is 1. The van der Waals surface area contributed by atoms with Gasteiger partial charge in [-0.1, -0.05) is 43.3 Å². The van der Waals surface area contributed by atoms with Gasteiger partial charge in [0.1, 0.15) is 11.6 Å². The monoisotopic (exact) mass is 287 g/mol. The highest BCUT2D eigenvalue weighted by molar-refractivity contribution is 5.43. The molecule has 2 nitrogen and oxygen atoms in total. The molecule has 0 bridgehead atoms. The molecule has 1 unspecified atom stereocenters. The van der Waals surface area contributed by atoms with Crippen LogP contribution in [0.2, 0.25) is 0 Å². The van der Waals surface area contributed by atoms with Crippen molar-refractivity contribution in [3.8, 4) is 5.75 Å². The lowest BCUT2D eigenvalue weighted by atomic mass is 9.95. The Labute approximate surface area is 126 Å². The smallest absolute Gasteiger partial charge is 0.131 e. The first-order valence-corrected chi connectivity index (χ1v) is 7.30. The lowest BCUT2D eigenvalue weighted by Gasteiger charge is -2.22. The van der Waals surface area contributed by atoms with Crippen LogP contribution in [0.1, 0.15) is 36.1 Å². The van der Waals surface area contributed by atoms with Crippen molar-refractivity contribution in [2.45, 2.75) is 26.3 Å². The average molecular weight is 287 g/mol. The van der Waals surface area contributed by atoms with Crippen molar-refractivity contribution < 1.29 is 9.13 Å². The molecule has 0 fully saturated rings. The van der Waals surface area contributed by atoms with E-state index in [9.17, 15) is 4.39 Å². The molecule has 0 heterocycles. The van der Waals surface area contributed by atoms with Gasteiger partial charge in [0.05, 0.1) is 13.2 Å². The minimum Gasteiger partial charge on any atom is -0.496 e. The zero-order chi connectivity index (χ0) is 15.2. The number of halogens is 1. The van der Waals surface area contributed by atoms with E-state index in [1.165, 1.54) is 0 Å². The van der Waals surface area contributed by atoms with Crippen LogP contribution in [0.25, 0.3) is 0 Å². The van der Waals surface area contributed by atoms with Gasteiger partial charge in [0.25, 0.3) is 0 Å². The first-order valence-electron chi connectivity index (χ1n) is 7.30. The predicted molar refractivity (Wildman–Crippen MR) is 84.3 cm³/mol. The summed E-state index contributed by atoms with van der Waals surface area (Å²) in [5, 5.41) is 3.42. The lowest BCUT2D eigenvalue weighted by Crippen LogP contribution is -2.24. The number of ether oxygens (including phenoxy) is 1. The fraction of sp³-hybridized carbons (Fsp3) is 0.333. The van der Waals surface area contributed by atoms with Crippen LogP contribution in [0.4, 0.5) is 4.39 Å². The molecule has 1 atom stereocenters. The van der Waals surface area contributed by atoms with E-state index in [2.05, 4.69) is 12.2 Å². The summed E-state index contributed by atoms with van der Waals surface area (Å²) in [4.78, 5) is 0. The summed E-state index contributed by atoms with van der Waals surface area (Å²) in [6.07, 6.45) is 0.985. The van der Waals surface area contributed by atoms with Crippen molar-refractivity contribution in [1.82, 2.24) is 5.32 Å². The number of hydrogen-bond donors (Lipinski definition) is 1. The Kier molecular flexibility index (Phi) is 5.34. The highest BCUT2D eigenvalue weighted by Gasteiger charge is 2.21. The maximum Gasteiger partial charge on any atom is 0.131 e. The zero-order valence-corrected chi connectivity index (χ0v) is 12.8. The van der Waals surface area contributed by atoms with Crippen LogP contribution in [0.3, 0.4) is 0 Å². The van der Waals surface area contributed by atoms with Gasteiger partial charge in [-0.05, 0) is 31.5 Å². The summed E-state index contributed by atoms with van der Waals surface area (Å²) in [5.41, 5.74) is 2.27. The van der Waals surface area contributed by atoms with E-state index in [0.717, 1.165) is 24.3 Å². The van der Waals surface area contributed by atoms with E-state index in [1.54, 1.807) is 20.1 Å². The van der Waals surface area contributed by atoms with E-state index in [4.69, 9.17) is 4.74 Å². The minimum absolute atomic E-state index is 0.156.